The van der Waals surface area contributed by atoms with E-state index < -0.39 is 10.0 Å². The predicted molar refractivity (Wildman–Crippen MR) is 107 cm³/mol. The van der Waals surface area contributed by atoms with E-state index in [1.807, 2.05) is 17.6 Å². The minimum atomic E-state index is -3.47. The molecule has 0 bridgehead atoms. The second-order valence-corrected chi connectivity index (χ2v) is 10.8. The largest absolute Gasteiger partial charge is 0.294 e. The van der Waals surface area contributed by atoms with Gasteiger partial charge in [0, 0.05) is 55.9 Å². The lowest BCUT2D eigenvalue weighted by molar-refractivity contribution is -0.0450. The van der Waals surface area contributed by atoms with E-state index in [0.29, 0.717) is 18.0 Å². The third-order valence-corrected chi connectivity index (χ3v) is 8.14. The molecular formula is C19H26N4O2S2. The molecule has 1 unspecified atom stereocenters. The zero-order valence-electron chi connectivity index (χ0n) is 15.8. The number of sulfonamides is 1. The molecule has 146 valence electrons. The third-order valence-electron chi connectivity index (χ3n) is 5.55. The summed E-state index contributed by atoms with van der Waals surface area (Å²) in [4.78, 5) is 9.66. The van der Waals surface area contributed by atoms with E-state index in [1.54, 1.807) is 39.9 Å². The Morgan fingerprint density at radius 1 is 1.19 bits per heavy atom. The van der Waals surface area contributed by atoms with Crippen LogP contribution in [0.1, 0.15) is 18.9 Å². The van der Waals surface area contributed by atoms with Gasteiger partial charge in [0.05, 0.1) is 11.4 Å². The average molecular weight is 407 g/mol. The van der Waals surface area contributed by atoms with Crippen molar-refractivity contribution < 1.29 is 8.42 Å². The lowest BCUT2D eigenvalue weighted by Crippen LogP contribution is -2.70. The Kier molecular flexibility index (Phi) is 5.11. The molecule has 27 heavy (non-hydrogen) atoms. The lowest BCUT2D eigenvalue weighted by Gasteiger charge is -2.55. The Morgan fingerprint density at radius 3 is 2.67 bits per heavy atom. The van der Waals surface area contributed by atoms with Crippen molar-refractivity contribution in [3.8, 4) is 0 Å². The molecule has 0 amide bonds. The molecule has 2 aromatic rings. The Balaban J connectivity index is 1.54. The van der Waals surface area contributed by atoms with Crippen molar-refractivity contribution in [2.45, 2.75) is 36.9 Å². The topological polar surface area (TPSA) is 56.8 Å². The molecule has 4 rings (SSSR count). The molecule has 3 heterocycles. The van der Waals surface area contributed by atoms with Gasteiger partial charge in [0.25, 0.3) is 0 Å². The number of benzene rings is 1. The molecule has 1 aromatic heterocycles. The van der Waals surface area contributed by atoms with Crippen molar-refractivity contribution in [1.29, 1.82) is 0 Å². The monoisotopic (exact) mass is 406 g/mol. The molecule has 2 aliphatic rings. The van der Waals surface area contributed by atoms with Gasteiger partial charge in [-0.05, 0) is 26.0 Å². The van der Waals surface area contributed by atoms with Crippen LogP contribution in [0.4, 0.5) is 0 Å². The van der Waals surface area contributed by atoms with Gasteiger partial charge in [-0.2, -0.15) is 4.31 Å². The van der Waals surface area contributed by atoms with E-state index >= 15 is 0 Å². The summed E-state index contributed by atoms with van der Waals surface area (Å²) in [6.45, 7) is 9.03. The highest BCUT2D eigenvalue weighted by Crippen LogP contribution is 2.31. The van der Waals surface area contributed by atoms with Crippen LogP contribution in [0.15, 0.2) is 46.8 Å². The molecule has 0 aliphatic carbocycles. The predicted octanol–water partition coefficient (Wildman–Crippen LogP) is 2.11. The number of hydrogen-bond acceptors (Lipinski definition) is 6. The van der Waals surface area contributed by atoms with Gasteiger partial charge < -0.3 is 0 Å². The number of aromatic nitrogens is 1. The zero-order valence-corrected chi connectivity index (χ0v) is 17.4. The molecule has 0 spiro atoms. The summed E-state index contributed by atoms with van der Waals surface area (Å²) in [5.74, 6) is 0. The summed E-state index contributed by atoms with van der Waals surface area (Å²) in [5.41, 5.74) is -0.183. The second kappa shape index (κ2) is 7.25. The average Bonchev–Trinajstić information content (AvgIpc) is 3.14. The second-order valence-electron chi connectivity index (χ2n) is 7.93. The molecule has 2 aliphatic heterocycles. The van der Waals surface area contributed by atoms with E-state index in [1.165, 1.54) is 0 Å². The van der Waals surface area contributed by atoms with Gasteiger partial charge in [-0.1, -0.05) is 18.2 Å². The molecule has 1 atom stereocenters. The summed E-state index contributed by atoms with van der Waals surface area (Å²) < 4.78 is 28.0. The van der Waals surface area contributed by atoms with Crippen LogP contribution in [-0.2, 0) is 16.6 Å². The Hall–Kier alpha value is -1.32. The zero-order chi connectivity index (χ0) is 19.1. The molecule has 6 nitrogen and oxygen atoms in total. The number of piperazine rings is 2. The van der Waals surface area contributed by atoms with Gasteiger partial charge >= 0.3 is 0 Å². The highest BCUT2D eigenvalue weighted by molar-refractivity contribution is 7.89. The minimum absolute atomic E-state index is 0.183. The van der Waals surface area contributed by atoms with E-state index in [4.69, 9.17) is 0 Å². The number of fused-ring (bicyclic) bond motifs is 1. The highest BCUT2D eigenvalue weighted by atomic mass is 32.2. The van der Waals surface area contributed by atoms with E-state index in [9.17, 15) is 8.42 Å². The van der Waals surface area contributed by atoms with Crippen LogP contribution in [0.3, 0.4) is 0 Å². The van der Waals surface area contributed by atoms with Crippen molar-refractivity contribution in [2.75, 3.05) is 32.7 Å². The summed E-state index contributed by atoms with van der Waals surface area (Å²) in [5, 5.41) is 3.12. The molecule has 2 fully saturated rings. The summed E-state index contributed by atoms with van der Waals surface area (Å²) in [7, 11) is -3.47. The van der Waals surface area contributed by atoms with E-state index in [2.05, 4.69) is 28.6 Å². The van der Waals surface area contributed by atoms with Crippen molar-refractivity contribution in [3.05, 3.63) is 46.9 Å². The highest BCUT2D eigenvalue weighted by Gasteiger charge is 2.45. The molecule has 0 radical (unpaired) electrons. The standard InChI is InChI=1S/C19H26N4O2S2/c1-19(2)15-22(27(24,25)17-6-4-3-5-7-17)13-16-12-21(9-10-23(16)19)14-18-20-8-11-26-18/h3-8,11,16H,9-10,12-15H2,1-2H3. The Labute approximate surface area is 165 Å². The maximum absolute atomic E-state index is 13.2. The van der Waals surface area contributed by atoms with Crippen molar-refractivity contribution in [2.24, 2.45) is 0 Å². The molecule has 2 saturated heterocycles. The van der Waals surface area contributed by atoms with E-state index in [-0.39, 0.29) is 11.6 Å². The van der Waals surface area contributed by atoms with Crippen molar-refractivity contribution in [1.82, 2.24) is 19.1 Å². The van der Waals surface area contributed by atoms with Crippen LogP contribution in [0.25, 0.3) is 0 Å². The first-order valence-corrected chi connectivity index (χ1v) is 11.6. The lowest BCUT2D eigenvalue weighted by atomic mass is 9.94. The van der Waals surface area contributed by atoms with Gasteiger partial charge in [-0.3, -0.25) is 9.80 Å². The normalized spacial score (nSPS) is 24.6. The third kappa shape index (κ3) is 3.82. The Bertz CT molecular complexity index is 868. The van der Waals surface area contributed by atoms with Crippen LogP contribution in [0.2, 0.25) is 0 Å². The fourth-order valence-corrected chi connectivity index (χ4v) is 6.60. The SMILES string of the molecule is CC1(C)CN(S(=O)(=O)c2ccccc2)CC2CN(Cc3nccs3)CCN21. The summed E-state index contributed by atoms with van der Waals surface area (Å²) in [6, 6.07) is 8.98. The first kappa shape index (κ1) is 19.0. The number of hydrogen-bond donors (Lipinski definition) is 0. The van der Waals surface area contributed by atoms with Crippen LogP contribution in [-0.4, -0.2) is 71.8 Å². The number of rotatable bonds is 4. The minimum Gasteiger partial charge on any atom is -0.294 e. The van der Waals surface area contributed by atoms with Gasteiger partial charge in [0.2, 0.25) is 10.0 Å². The molecule has 0 saturated carbocycles. The molecular weight excluding hydrogens is 380 g/mol. The van der Waals surface area contributed by atoms with Crippen LogP contribution >= 0.6 is 11.3 Å². The summed E-state index contributed by atoms with van der Waals surface area (Å²) in [6.07, 6.45) is 1.84. The van der Waals surface area contributed by atoms with Gasteiger partial charge in [0.1, 0.15) is 5.01 Å². The van der Waals surface area contributed by atoms with Gasteiger partial charge in [-0.15, -0.1) is 11.3 Å². The fourth-order valence-electron chi connectivity index (χ4n) is 4.29. The van der Waals surface area contributed by atoms with Crippen LogP contribution < -0.4 is 0 Å². The Morgan fingerprint density at radius 2 is 1.96 bits per heavy atom. The quantitative estimate of drug-likeness (QED) is 0.778. The van der Waals surface area contributed by atoms with Gasteiger partial charge in [0.15, 0.2) is 0 Å². The first-order chi connectivity index (χ1) is 12.9. The van der Waals surface area contributed by atoms with Crippen molar-refractivity contribution >= 4 is 21.4 Å². The fraction of sp³-hybridized carbons (Fsp3) is 0.526. The number of nitrogens with zero attached hydrogens (tertiary/aromatic N) is 4. The first-order valence-electron chi connectivity index (χ1n) is 9.29. The van der Waals surface area contributed by atoms with Crippen molar-refractivity contribution in [3.63, 3.8) is 0 Å². The number of thiazole rings is 1. The maximum atomic E-state index is 13.2. The smallest absolute Gasteiger partial charge is 0.243 e. The van der Waals surface area contributed by atoms with E-state index in [0.717, 1.165) is 31.2 Å². The molecule has 8 heteroatoms. The van der Waals surface area contributed by atoms with Crippen LogP contribution in [0, 0.1) is 0 Å². The molecule has 0 N–H and O–H groups in total. The maximum Gasteiger partial charge on any atom is 0.243 e. The summed E-state index contributed by atoms with van der Waals surface area (Å²) >= 11 is 1.68. The van der Waals surface area contributed by atoms with Crippen LogP contribution in [0.5, 0.6) is 0 Å². The molecule has 1 aromatic carbocycles. The van der Waals surface area contributed by atoms with Gasteiger partial charge in [-0.25, -0.2) is 13.4 Å².